The first kappa shape index (κ1) is 9.78. The Balaban J connectivity index is 3.50. The minimum atomic E-state index is -1.09. The summed E-state index contributed by atoms with van der Waals surface area (Å²) in [7, 11) is 0. The molecule has 1 radical (unpaired) electrons. The molecule has 0 spiro atoms. The molecule has 0 aromatic heterocycles. The fraction of sp³-hybridized carbons (Fsp3) is 0.364. The summed E-state index contributed by atoms with van der Waals surface area (Å²) in [5.41, 5.74) is 4.31. The van der Waals surface area contributed by atoms with E-state index < -0.39 is 5.97 Å². The van der Waals surface area contributed by atoms with E-state index in [9.17, 15) is 9.90 Å². The lowest BCUT2D eigenvalue weighted by Gasteiger charge is -2.10. The Morgan fingerprint density at radius 3 is 2.00 bits per heavy atom. The Morgan fingerprint density at radius 2 is 1.54 bits per heavy atom. The minimum absolute atomic E-state index is 0.306. The Bertz CT molecular complexity index is 365. The van der Waals surface area contributed by atoms with Crippen molar-refractivity contribution in [1.29, 1.82) is 0 Å². The van der Waals surface area contributed by atoms with Gasteiger partial charge in [0.25, 0.3) is 0 Å². The number of hydrogen-bond acceptors (Lipinski definition) is 1. The van der Waals surface area contributed by atoms with Crippen molar-refractivity contribution in [2.75, 3.05) is 0 Å². The van der Waals surface area contributed by atoms with E-state index in [4.69, 9.17) is 0 Å². The van der Waals surface area contributed by atoms with Crippen LogP contribution in [0.4, 0.5) is 0 Å². The second kappa shape index (κ2) is 3.21. The molecule has 1 aromatic rings. The molecule has 0 aliphatic heterocycles. The summed E-state index contributed by atoms with van der Waals surface area (Å²) >= 11 is 0. The summed E-state index contributed by atoms with van der Waals surface area (Å²) in [6.45, 7) is 7.65. The topological polar surface area (TPSA) is 37.0 Å². The van der Waals surface area contributed by atoms with Crippen molar-refractivity contribution >= 4 is 5.97 Å². The third-order valence-electron chi connectivity index (χ3n) is 2.70. The standard InChI is InChI=1S/C11H13O2/c1-6-5-10(11(12)13)9(4)8(3)7(6)2/h5H,1-4H3. The molecule has 0 N–H and O–H groups in total. The van der Waals surface area contributed by atoms with Crippen molar-refractivity contribution in [3.05, 3.63) is 33.9 Å². The molecule has 0 saturated heterocycles. The predicted octanol–water partition coefficient (Wildman–Crippen LogP) is 2.49. The monoisotopic (exact) mass is 177 g/mol. The third kappa shape index (κ3) is 1.57. The highest BCUT2D eigenvalue weighted by Gasteiger charge is 2.13. The first-order chi connectivity index (χ1) is 5.95. The van der Waals surface area contributed by atoms with Crippen LogP contribution >= 0.6 is 0 Å². The van der Waals surface area contributed by atoms with Gasteiger partial charge in [-0.3, -0.25) is 0 Å². The fourth-order valence-electron chi connectivity index (χ4n) is 1.42. The van der Waals surface area contributed by atoms with Crippen LogP contribution < -0.4 is 0 Å². The van der Waals surface area contributed by atoms with E-state index in [0.29, 0.717) is 5.56 Å². The Labute approximate surface area is 78.2 Å². The molecule has 0 bridgehead atoms. The van der Waals surface area contributed by atoms with Crippen LogP contribution in [-0.2, 0) is 5.11 Å². The minimum Gasteiger partial charge on any atom is -0.241 e. The Morgan fingerprint density at radius 1 is 1.00 bits per heavy atom. The van der Waals surface area contributed by atoms with Crippen LogP contribution in [0.2, 0.25) is 0 Å². The predicted molar refractivity (Wildman–Crippen MR) is 50.4 cm³/mol. The first-order valence-electron chi connectivity index (χ1n) is 4.24. The quantitative estimate of drug-likeness (QED) is 0.649. The van der Waals surface area contributed by atoms with Gasteiger partial charge in [0.1, 0.15) is 0 Å². The van der Waals surface area contributed by atoms with Crippen molar-refractivity contribution in [3.63, 3.8) is 0 Å². The van der Waals surface area contributed by atoms with E-state index in [1.54, 1.807) is 6.07 Å². The molecule has 0 aliphatic rings. The zero-order valence-electron chi connectivity index (χ0n) is 8.39. The summed E-state index contributed by atoms with van der Waals surface area (Å²) in [5, 5.41) is 10.7. The molecule has 69 valence electrons. The number of carbonyl (C=O) groups excluding carboxylic acids is 1. The van der Waals surface area contributed by atoms with Gasteiger partial charge in [-0.2, -0.15) is 0 Å². The lowest BCUT2D eigenvalue weighted by molar-refractivity contribution is 0.0572. The molecule has 0 amide bonds. The molecule has 0 heterocycles. The van der Waals surface area contributed by atoms with E-state index in [2.05, 4.69) is 0 Å². The van der Waals surface area contributed by atoms with Crippen LogP contribution in [0.1, 0.15) is 32.6 Å². The summed E-state index contributed by atoms with van der Waals surface area (Å²) in [5.74, 6) is -1.09. The average Bonchev–Trinajstić information content (AvgIpc) is 2.07. The molecule has 0 fully saturated rings. The van der Waals surface area contributed by atoms with Crippen molar-refractivity contribution in [3.8, 4) is 0 Å². The fourth-order valence-corrected chi connectivity index (χ4v) is 1.42. The second-order valence-electron chi connectivity index (χ2n) is 3.40. The van der Waals surface area contributed by atoms with Crippen LogP contribution in [0.3, 0.4) is 0 Å². The molecular formula is C11H13O2. The molecule has 2 heteroatoms. The highest BCUT2D eigenvalue weighted by atomic mass is 16.4. The largest absolute Gasteiger partial charge is 0.386 e. The van der Waals surface area contributed by atoms with E-state index in [0.717, 1.165) is 22.3 Å². The highest BCUT2D eigenvalue weighted by Crippen LogP contribution is 2.20. The van der Waals surface area contributed by atoms with Crippen LogP contribution in [0, 0.1) is 27.7 Å². The van der Waals surface area contributed by atoms with Gasteiger partial charge in [0.15, 0.2) is 0 Å². The summed E-state index contributed by atoms with van der Waals surface area (Å²) in [6.07, 6.45) is 0. The highest BCUT2D eigenvalue weighted by molar-refractivity contribution is 5.89. The second-order valence-corrected chi connectivity index (χ2v) is 3.40. The number of carbonyl (C=O) groups is 1. The van der Waals surface area contributed by atoms with Gasteiger partial charge in [-0.25, -0.2) is 9.90 Å². The maximum Gasteiger partial charge on any atom is 0.386 e. The Hall–Kier alpha value is -1.31. The third-order valence-corrected chi connectivity index (χ3v) is 2.70. The van der Waals surface area contributed by atoms with Crippen molar-refractivity contribution in [1.82, 2.24) is 0 Å². The molecule has 1 rings (SSSR count). The smallest absolute Gasteiger partial charge is 0.241 e. The van der Waals surface area contributed by atoms with Gasteiger partial charge in [0.2, 0.25) is 0 Å². The lowest BCUT2D eigenvalue weighted by Crippen LogP contribution is -2.03. The number of hydrogen-bond donors (Lipinski definition) is 0. The normalized spacial score (nSPS) is 10.2. The van der Waals surface area contributed by atoms with Crippen LogP contribution in [0.5, 0.6) is 0 Å². The van der Waals surface area contributed by atoms with Gasteiger partial charge < -0.3 is 0 Å². The van der Waals surface area contributed by atoms with Crippen LogP contribution in [-0.4, -0.2) is 5.97 Å². The molecule has 0 aliphatic carbocycles. The van der Waals surface area contributed by atoms with Gasteiger partial charge in [-0.1, -0.05) is 0 Å². The number of benzene rings is 1. The number of rotatable bonds is 1. The van der Waals surface area contributed by atoms with Crippen LogP contribution in [0.15, 0.2) is 6.07 Å². The van der Waals surface area contributed by atoms with Crippen molar-refractivity contribution in [2.45, 2.75) is 27.7 Å². The van der Waals surface area contributed by atoms with Gasteiger partial charge in [-0.15, -0.1) is 0 Å². The zero-order valence-corrected chi connectivity index (χ0v) is 8.39. The molecule has 0 unspecified atom stereocenters. The van der Waals surface area contributed by atoms with E-state index in [-0.39, 0.29) is 0 Å². The molecule has 13 heavy (non-hydrogen) atoms. The molecule has 2 nitrogen and oxygen atoms in total. The van der Waals surface area contributed by atoms with Gasteiger partial charge in [-0.05, 0) is 56.0 Å². The molecule has 0 atom stereocenters. The Kier molecular flexibility index (Phi) is 2.41. The zero-order chi connectivity index (χ0) is 10.2. The SMILES string of the molecule is Cc1cc(C([O])=O)c(C)c(C)c1C. The summed E-state index contributed by atoms with van der Waals surface area (Å²) in [6, 6.07) is 1.67. The van der Waals surface area contributed by atoms with Crippen molar-refractivity contribution in [2.24, 2.45) is 0 Å². The maximum absolute atomic E-state index is 10.7. The summed E-state index contributed by atoms with van der Waals surface area (Å²) < 4.78 is 0. The van der Waals surface area contributed by atoms with Gasteiger partial charge in [0.05, 0.1) is 5.56 Å². The lowest BCUT2D eigenvalue weighted by atomic mass is 9.95. The number of aryl methyl sites for hydroxylation is 1. The molecule has 0 saturated carbocycles. The van der Waals surface area contributed by atoms with Gasteiger partial charge >= 0.3 is 5.97 Å². The van der Waals surface area contributed by atoms with E-state index >= 15 is 0 Å². The van der Waals surface area contributed by atoms with Crippen LogP contribution in [0.25, 0.3) is 0 Å². The summed E-state index contributed by atoms with van der Waals surface area (Å²) in [4.78, 5) is 10.7. The first-order valence-corrected chi connectivity index (χ1v) is 4.24. The van der Waals surface area contributed by atoms with E-state index in [1.165, 1.54) is 0 Å². The average molecular weight is 177 g/mol. The molecular weight excluding hydrogens is 164 g/mol. The van der Waals surface area contributed by atoms with E-state index in [1.807, 2.05) is 27.7 Å². The maximum atomic E-state index is 10.7. The van der Waals surface area contributed by atoms with Gasteiger partial charge in [0, 0.05) is 0 Å². The molecule has 1 aromatic carbocycles. The van der Waals surface area contributed by atoms with Crippen molar-refractivity contribution < 1.29 is 9.90 Å².